The molecule has 0 saturated carbocycles. The van der Waals surface area contributed by atoms with Gasteiger partial charge >= 0.3 is 12.1 Å². The van der Waals surface area contributed by atoms with Crippen LogP contribution in [-0.2, 0) is 6.18 Å². The largest absolute Gasteiger partial charge is 0.497 e. The number of halogens is 4. The second-order valence-corrected chi connectivity index (χ2v) is 7.36. The summed E-state index contributed by atoms with van der Waals surface area (Å²) >= 11 is 5.81. The Bertz CT molecular complexity index is 1410. The molecule has 5 nitrogen and oxygen atoms in total. The van der Waals surface area contributed by atoms with Crippen molar-refractivity contribution < 1.29 is 31.9 Å². The van der Waals surface area contributed by atoms with Crippen molar-refractivity contribution in [3.63, 3.8) is 0 Å². The number of ether oxygens (including phenoxy) is 2. The summed E-state index contributed by atoms with van der Waals surface area (Å²) in [5.41, 5.74) is -1.70. The van der Waals surface area contributed by atoms with Gasteiger partial charge in [-0.05, 0) is 48.0 Å². The molecular weight excluding hydrogens is 461 g/mol. The molecule has 0 radical (unpaired) electrons. The number of fused-ring (bicyclic) bond motifs is 1. The van der Waals surface area contributed by atoms with Crippen molar-refractivity contribution in [3.05, 3.63) is 93.3 Å². The molecule has 9 heteroatoms. The van der Waals surface area contributed by atoms with Crippen LogP contribution in [0.5, 0.6) is 11.5 Å². The Balaban J connectivity index is 1.79. The summed E-state index contributed by atoms with van der Waals surface area (Å²) < 4.78 is 56.7. The lowest BCUT2D eigenvalue weighted by atomic mass is 10.0. The second kappa shape index (κ2) is 8.63. The predicted octanol–water partition coefficient (Wildman–Crippen LogP) is 6.36. The number of carbonyl (C=O) groups excluding carboxylic acids is 1. The van der Waals surface area contributed by atoms with Gasteiger partial charge in [0.1, 0.15) is 17.1 Å². The van der Waals surface area contributed by atoms with Crippen LogP contribution < -0.4 is 14.9 Å². The molecule has 3 aromatic carbocycles. The number of hydrogen-bond acceptors (Lipinski definition) is 5. The van der Waals surface area contributed by atoms with Crippen LogP contribution in [0.25, 0.3) is 22.1 Å². The molecule has 0 aliphatic carbocycles. The molecule has 0 fully saturated rings. The molecule has 168 valence electrons. The predicted molar refractivity (Wildman–Crippen MR) is 116 cm³/mol. The molecule has 0 aliphatic heterocycles. The number of methoxy groups -OCH3 is 1. The third-order valence-electron chi connectivity index (χ3n) is 4.77. The highest BCUT2D eigenvalue weighted by atomic mass is 35.5. The van der Waals surface area contributed by atoms with Crippen molar-refractivity contribution in [2.45, 2.75) is 6.18 Å². The quantitative estimate of drug-likeness (QED) is 0.254. The van der Waals surface area contributed by atoms with Crippen LogP contribution in [0.15, 0.2) is 75.9 Å². The van der Waals surface area contributed by atoms with E-state index in [0.717, 1.165) is 6.07 Å². The van der Waals surface area contributed by atoms with Gasteiger partial charge in [0.25, 0.3) is 0 Å². The van der Waals surface area contributed by atoms with Crippen LogP contribution in [0.1, 0.15) is 16.1 Å². The minimum Gasteiger partial charge on any atom is -0.497 e. The Hall–Kier alpha value is -3.78. The Morgan fingerprint density at radius 3 is 2.36 bits per heavy atom. The fourth-order valence-corrected chi connectivity index (χ4v) is 3.36. The second-order valence-electron chi connectivity index (χ2n) is 6.92. The lowest BCUT2D eigenvalue weighted by molar-refractivity contribution is -0.152. The molecule has 0 aliphatic rings. The van der Waals surface area contributed by atoms with Crippen molar-refractivity contribution >= 4 is 28.5 Å². The molecule has 4 aromatic rings. The molecular formula is C24H14ClF3O5. The maximum atomic E-state index is 13.8. The average Bonchev–Trinajstić information content (AvgIpc) is 2.79. The first kappa shape index (κ1) is 22.4. The zero-order chi connectivity index (χ0) is 23.8. The van der Waals surface area contributed by atoms with Crippen molar-refractivity contribution in [1.29, 1.82) is 0 Å². The number of carbonyl (C=O) groups is 1. The van der Waals surface area contributed by atoms with E-state index in [0.29, 0.717) is 10.8 Å². The highest BCUT2D eigenvalue weighted by Crippen LogP contribution is 2.38. The summed E-state index contributed by atoms with van der Waals surface area (Å²) in [5.74, 6) is -1.88. The van der Waals surface area contributed by atoms with Crippen LogP contribution in [0.2, 0.25) is 5.02 Å². The van der Waals surface area contributed by atoms with Gasteiger partial charge in [-0.1, -0.05) is 29.8 Å². The van der Waals surface area contributed by atoms with Crippen molar-refractivity contribution in [1.82, 2.24) is 0 Å². The molecule has 0 unspecified atom stereocenters. The van der Waals surface area contributed by atoms with Gasteiger partial charge in [-0.2, -0.15) is 13.2 Å². The molecule has 0 amide bonds. The summed E-state index contributed by atoms with van der Waals surface area (Å²) in [5, 5.41) is 0.203. The SMILES string of the molecule is COc1cccc(C(=O)Oc2ccc3c(=O)c(-c4ccc(Cl)cc4)c(C(F)(F)F)oc3c2)c1. The molecule has 4 rings (SSSR count). The fraction of sp³-hybridized carbons (Fsp3) is 0.0833. The molecule has 0 bridgehead atoms. The Labute approximate surface area is 189 Å². The van der Waals surface area contributed by atoms with E-state index in [-0.39, 0.29) is 27.8 Å². The third-order valence-corrected chi connectivity index (χ3v) is 5.02. The lowest BCUT2D eigenvalue weighted by Crippen LogP contribution is -2.16. The van der Waals surface area contributed by atoms with Crippen molar-refractivity contribution in [2.24, 2.45) is 0 Å². The zero-order valence-corrected chi connectivity index (χ0v) is 17.7. The molecule has 0 N–H and O–H groups in total. The Morgan fingerprint density at radius 1 is 0.970 bits per heavy atom. The van der Waals surface area contributed by atoms with E-state index in [9.17, 15) is 22.8 Å². The summed E-state index contributed by atoms with van der Waals surface area (Å²) in [7, 11) is 1.44. The molecule has 0 atom stereocenters. The van der Waals surface area contributed by atoms with Crippen LogP contribution in [0.3, 0.4) is 0 Å². The highest BCUT2D eigenvalue weighted by molar-refractivity contribution is 6.30. The number of benzene rings is 3. The van der Waals surface area contributed by atoms with E-state index in [4.69, 9.17) is 25.5 Å². The van der Waals surface area contributed by atoms with E-state index in [1.165, 1.54) is 55.6 Å². The van der Waals surface area contributed by atoms with E-state index in [1.807, 2.05) is 0 Å². The molecule has 1 heterocycles. The van der Waals surface area contributed by atoms with Crippen molar-refractivity contribution in [2.75, 3.05) is 7.11 Å². The maximum Gasteiger partial charge on any atom is 0.450 e. The number of hydrogen-bond donors (Lipinski definition) is 0. The van der Waals surface area contributed by atoms with Gasteiger partial charge in [-0.3, -0.25) is 4.79 Å². The van der Waals surface area contributed by atoms with E-state index >= 15 is 0 Å². The van der Waals surface area contributed by atoms with Crippen molar-refractivity contribution in [3.8, 4) is 22.6 Å². The third kappa shape index (κ3) is 4.56. The van der Waals surface area contributed by atoms with Gasteiger partial charge in [0, 0.05) is 11.1 Å². The zero-order valence-electron chi connectivity index (χ0n) is 16.9. The Morgan fingerprint density at radius 2 is 1.70 bits per heavy atom. The summed E-state index contributed by atoms with van der Waals surface area (Å²) in [6.45, 7) is 0. The number of alkyl halides is 3. The van der Waals surface area contributed by atoms with Crippen LogP contribution in [0, 0.1) is 0 Å². The van der Waals surface area contributed by atoms with Gasteiger partial charge in [-0.25, -0.2) is 4.79 Å². The number of rotatable bonds is 4. The first-order valence-electron chi connectivity index (χ1n) is 9.47. The Kier molecular flexibility index (Phi) is 5.86. The molecule has 0 saturated heterocycles. The fourth-order valence-electron chi connectivity index (χ4n) is 3.23. The molecule has 1 aromatic heterocycles. The van der Waals surface area contributed by atoms with Gasteiger partial charge in [0.15, 0.2) is 0 Å². The van der Waals surface area contributed by atoms with Gasteiger partial charge in [0.05, 0.1) is 23.6 Å². The smallest absolute Gasteiger partial charge is 0.450 e. The first-order chi connectivity index (χ1) is 15.7. The summed E-state index contributed by atoms with van der Waals surface area (Å²) in [6, 6.07) is 15.1. The number of esters is 1. The average molecular weight is 475 g/mol. The highest BCUT2D eigenvalue weighted by Gasteiger charge is 2.39. The van der Waals surface area contributed by atoms with Crippen LogP contribution in [-0.4, -0.2) is 13.1 Å². The minimum atomic E-state index is -4.95. The van der Waals surface area contributed by atoms with E-state index < -0.39 is 28.9 Å². The standard InChI is InChI=1S/C24H14ClF3O5/c1-31-16-4-2-3-14(11-16)23(30)32-17-9-10-18-19(12-17)33-22(24(26,27)28)20(21(18)29)13-5-7-15(25)8-6-13/h2-12H,1H3. The van der Waals surface area contributed by atoms with Gasteiger partial charge in [-0.15, -0.1) is 0 Å². The van der Waals surface area contributed by atoms with E-state index in [1.54, 1.807) is 12.1 Å². The first-order valence-corrected chi connectivity index (χ1v) is 9.85. The minimum absolute atomic E-state index is 0.0101. The normalized spacial score (nSPS) is 11.4. The monoisotopic (exact) mass is 474 g/mol. The van der Waals surface area contributed by atoms with Gasteiger partial charge < -0.3 is 13.9 Å². The van der Waals surface area contributed by atoms with Crippen LogP contribution >= 0.6 is 11.6 Å². The topological polar surface area (TPSA) is 65.7 Å². The molecule has 0 spiro atoms. The molecule has 33 heavy (non-hydrogen) atoms. The lowest BCUT2D eigenvalue weighted by Gasteiger charge is -2.13. The van der Waals surface area contributed by atoms with Crippen LogP contribution in [0.4, 0.5) is 13.2 Å². The summed E-state index contributed by atoms with van der Waals surface area (Å²) in [4.78, 5) is 25.4. The maximum absolute atomic E-state index is 13.8. The van der Waals surface area contributed by atoms with Gasteiger partial charge in [0.2, 0.25) is 11.2 Å². The van der Waals surface area contributed by atoms with E-state index in [2.05, 4.69) is 0 Å². The summed E-state index contributed by atoms with van der Waals surface area (Å²) in [6.07, 6.45) is -4.95.